The van der Waals surface area contributed by atoms with Crippen LogP contribution in [0.25, 0.3) is 11.1 Å². The molecule has 0 bridgehead atoms. The standard InChI is InChI=1S/C32H38FN3O2/c1-21-15-27(33)8-7-25(21)19-35-12-9-23-16-24(5-6-26(23)20-35)29-18-34-22(2)28(17-30(37)38)31(29)36-13-10-32(3,4)11-14-36/h5-8,15-16,18H,9-14,17,19-20H2,1-4H3,(H,37,38). The minimum Gasteiger partial charge on any atom is -0.481 e. The monoisotopic (exact) mass is 515 g/mol. The average molecular weight is 516 g/mol. The molecule has 1 saturated heterocycles. The number of carboxylic acids is 1. The lowest BCUT2D eigenvalue weighted by atomic mass is 9.82. The van der Waals surface area contributed by atoms with E-state index in [9.17, 15) is 14.3 Å². The van der Waals surface area contributed by atoms with Crippen molar-refractivity contribution >= 4 is 11.7 Å². The van der Waals surface area contributed by atoms with E-state index in [1.54, 1.807) is 12.1 Å². The van der Waals surface area contributed by atoms with Crippen molar-refractivity contribution in [3.63, 3.8) is 0 Å². The van der Waals surface area contributed by atoms with Crippen molar-refractivity contribution in [3.8, 4) is 11.1 Å². The van der Waals surface area contributed by atoms with Crippen molar-refractivity contribution < 1.29 is 14.3 Å². The third-order valence-electron chi connectivity index (χ3n) is 8.43. The molecule has 3 aromatic rings. The van der Waals surface area contributed by atoms with E-state index >= 15 is 0 Å². The number of piperidine rings is 1. The van der Waals surface area contributed by atoms with Gasteiger partial charge in [-0.1, -0.05) is 38.1 Å². The van der Waals surface area contributed by atoms with Gasteiger partial charge in [-0.3, -0.25) is 14.7 Å². The second kappa shape index (κ2) is 10.5. The van der Waals surface area contributed by atoms with Crippen molar-refractivity contribution in [2.24, 2.45) is 5.41 Å². The van der Waals surface area contributed by atoms with Crippen molar-refractivity contribution in [3.05, 3.63) is 81.9 Å². The molecule has 1 aromatic heterocycles. The number of hydrogen-bond acceptors (Lipinski definition) is 4. The van der Waals surface area contributed by atoms with Gasteiger partial charge in [0.1, 0.15) is 5.82 Å². The molecule has 3 heterocycles. The number of rotatable bonds is 6. The SMILES string of the molecule is Cc1cc(F)ccc1CN1CCc2cc(-c3cnc(C)c(CC(=O)O)c3N3CCC(C)(C)CC3)ccc2C1. The molecule has 5 nitrogen and oxygen atoms in total. The van der Waals surface area contributed by atoms with Crippen LogP contribution < -0.4 is 4.90 Å². The van der Waals surface area contributed by atoms with Gasteiger partial charge in [-0.25, -0.2) is 4.39 Å². The summed E-state index contributed by atoms with van der Waals surface area (Å²) in [7, 11) is 0. The molecule has 2 aliphatic rings. The third-order valence-corrected chi connectivity index (χ3v) is 8.43. The predicted molar refractivity (Wildman–Crippen MR) is 150 cm³/mol. The van der Waals surface area contributed by atoms with E-state index in [1.165, 1.54) is 11.1 Å². The highest BCUT2D eigenvalue weighted by atomic mass is 19.1. The summed E-state index contributed by atoms with van der Waals surface area (Å²) in [6.45, 7) is 13.0. The number of aliphatic carboxylic acids is 1. The Morgan fingerprint density at radius 2 is 1.82 bits per heavy atom. The summed E-state index contributed by atoms with van der Waals surface area (Å²) in [5.41, 5.74) is 9.89. The van der Waals surface area contributed by atoms with E-state index in [-0.39, 0.29) is 12.2 Å². The Hall–Kier alpha value is -3.25. The molecule has 0 unspecified atom stereocenters. The molecule has 0 radical (unpaired) electrons. The molecule has 5 rings (SSSR count). The van der Waals surface area contributed by atoms with Crippen molar-refractivity contribution in [1.82, 2.24) is 9.88 Å². The second-order valence-electron chi connectivity index (χ2n) is 11.8. The summed E-state index contributed by atoms with van der Waals surface area (Å²) in [5.74, 6) is -1.01. The van der Waals surface area contributed by atoms with Crippen LogP contribution in [-0.4, -0.2) is 40.6 Å². The molecular weight excluding hydrogens is 477 g/mol. The highest BCUT2D eigenvalue weighted by molar-refractivity contribution is 5.85. The number of carbonyl (C=O) groups is 1. The lowest BCUT2D eigenvalue weighted by Gasteiger charge is -2.40. The molecular formula is C32H38FN3O2. The largest absolute Gasteiger partial charge is 0.481 e. The Labute approximate surface area is 225 Å². The van der Waals surface area contributed by atoms with Crippen LogP contribution in [0.2, 0.25) is 0 Å². The van der Waals surface area contributed by atoms with Crippen LogP contribution >= 0.6 is 0 Å². The number of anilines is 1. The number of aromatic nitrogens is 1. The summed E-state index contributed by atoms with van der Waals surface area (Å²) < 4.78 is 13.5. The van der Waals surface area contributed by atoms with Crippen LogP contribution in [0.15, 0.2) is 42.6 Å². The van der Waals surface area contributed by atoms with Crippen molar-refractivity contribution in [2.45, 2.75) is 66.5 Å². The van der Waals surface area contributed by atoms with Crippen LogP contribution in [0, 0.1) is 25.1 Å². The number of carboxylic acid groups (broad SMARTS) is 1. The first-order valence-corrected chi connectivity index (χ1v) is 13.6. The van der Waals surface area contributed by atoms with Gasteiger partial charge in [-0.2, -0.15) is 0 Å². The maximum atomic E-state index is 13.5. The molecule has 6 heteroatoms. The minimum atomic E-state index is -0.826. The highest BCUT2D eigenvalue weighted by Crippen LogP contribution is 2.40. The Morgan fingerprint density at radius 3 is 2.53 bits per heavy atom. The number of halogens is 1. The summed E-state index contributed by atoms with van der Waals surface area (Å²) in [6.07, 6.45) is 5.01. The lowest BCUT2D eigenvalue weighted by Crippen LogP contribution is -2.38. The average Bonchev–Trinajstić information content (AvgIpc) is 2.86. The number of nitrogens with zero attached hydrogens (tertiary/aromatic N) is 3. The molecule has 0 saturated carbocycles. The van der Waals surface area contributed by atoms with E-state index in [4.69, 9.17) is 0 Å². The molecule has 2 aliphatic heterocycles. The highest BCUT2D eigenvalue weighted by Gasteiger charge is 2.29. The molecule has 0 amide bonds. The van der Waals surface area contributed by atoms with Crippen molar-refractivity contribution in [2.75, 3.05) is 24.5 Å². The smallest absolute Gasteiger partial charge is 0.307 e. The van der Waals surface area contributed by atoms with Crippen molar-refractivity contribution in [1.29, 1.82) is 0 Å². The number of aryl methyl sites for hydroxylation is 2. The van der Waals surface area contributed by atoms with Crippen LogP contribution in [0.1, 0.15) is 60.2 Å². The molecule has 2 aromatic carbocycles. The van der Waals surface area contributed by atoms with E-state index < -0.39 is 5.97 Å². The zero-order valence-corrected chi connectivity index (χ0v) is 23.0. The molecule has 0 spiro atoms. The fourth-order valence-electron chi connectivity index (χ4n) is 5.90. The maximum absolute atomic E-state index is 13.5. The van der Waals surface area contributed by atoms with Crippen LogP contribution in [0.4, 0.5) is 10.1 Å². The Balaban J connectivity index is 1.45. The van der Waals surface area contributed by atoms with Crippen LogP contribution in [-0.2, 0) is 30.7 Å². The van der Waals surface area contributed by atoms with E-state index in [1.807, 2.05) is 26.1 Å². The van der Waals surface area contributed by atoms with Gasteiger partial charge in [0.2, 0.25) is 0 Å². The lowest BCUT2D eigenvalue weighted by molar-refractivity contribution is -0.136. The molecule has 0 atom stereocenters. The van der Waals surface area contributed by atoms with Gasteiger partial charge in [0.05, 0.1) is 12.1 Å². The topological polar surface area (TPSA) is 56.7 Å². The molecule has 38 heavy (non-hydrogen) atoms. The summed E-state index contributed by atoms with van der Waals surface area (Å²) in [6, 6.07) is 11.7. The van der Waals surface area contributed by atoms with Gasteiger partial charge in [0, 0.05) is 55.7 Å². The van der Waals surface area contributed by atoms with Crippen LogP contribution in [0.3, 0.4) is 0 Å². The van der Waals surface area contributed by atoms with Gasteiger partial charge in [-0.15, -0.1) is 0 Å². The Kier molecular flexibility index (Phi) is 7.28. The number of pyridine rings is 1. The predicted octanol–water partition coefficient (Wildman–Crippen LogP) is 6.32. The van der Waals surface area contributed by atoms with Gasteiger partial charge in [0.15, 0.2) is 0 Å². The molecule has 1 fully saturated rings. The third kappa shape index (κ3) is 5.60. The molecule has 200 valence electrons. The first kappa shape index (κ1) is 26.4. The quantitative estimate of drug-likeness (QED) is 0.417. The Bertz CT molecular complexity index is 1360. The number of hydrogen-bond donors (Lipinski definition) is 1. The van der Waals surface area contributed by atoms with E-state index in [0.29, 0.717) is 5.41 Å². The fraction of sp³-hybridized carbons (Fsp3) is 0.438. The van der Waals surface area contributed by atoms with Crippen LogP contribution in [0.5, 0.6) is 0 Å². The minimum absolute atomic E-state index is 0.0232. The zero-order valence-electron chi connectivity index (χ0n) is 23.0. The number of benzene rings is 2. The van der Waals surface area contributed by atoms with Gasteiger partial charge in [0.25, 0.3) is 0 Å². The zero-order chi connectivity index (χ0) is 27.0. The summed E-state index contributed by atoms with van der Waals surface area (Å²) >= 11 is 0. The summed E-state index contributed by atoms with van der Waals surface area (Å²) in [4.78, 5) is 21.3. The van der Waals surface area contributed by atoms with E-state index in [0.717, 1.165) is 91.2 Å². The fourth-order valence-corrected chi connectivity index (χ4v) is 5.90. The van der Waals surface area contributed by atoms with E-state index in [2.05, 4.69) is 46.8 Å². The Morgan fingerprint density at radius 1 is 1.05 bits per heavy atom. The molecule has 1 N–H and O–H groups in total. The number of fused-ring (bicyclic) bond motifs is 1. The van der Waals surface area contributed by atoms with Gasteiger partial charge >= 0.3 is 5.97 Å². The first-order chi connectivity index (χ1) is 18.1. The molecule has 0 aliphatic carbocycles. The van der Waals surface area contributed by atoms with Gasteiger partial charge in [-0.05, 0) is 78.5 Å². The normalized spacial score (nSPS) is 17.3. The first-order valence-electron chi connectivity index (χ1n) is 13.6. The maximum Gasteiger partial charge on any atom is 0.307 e. The second-order valence-corrected chi connectivity index (χ2v) is 11.8. The van der Waals surface area contributed by atoms with Gasteiger partial charge < -0.3 is 10.0 Å². The summed E-state index contributed by atoms with van der Waals surface area (Å²) in [5, 5.41) is 9.71.